The Morgan fingerprint density at radius 1 is 1.08 bits per heavy atom. The van der Waals surface area contributed by atoms with Crippen LogP contribution >= 0.6 is 23.2 Å². The number of rotatable bonds is 5. The lowest BCUT2D eigenvalue weighted by Gasteiger charge is -2.34. The zero-order valence-electron chi connectivity index (χ0n) is 22.8. The molecule has 39 heavy (non-hydrogen) atoms. The van der Waals surface area contributed by atoms with Crippen molar-refractivity contribution in [2.75, 3.05) is 25.0 Å². The predicted octanol–water partition coefficient (Wildman–Crippen LogP) is 5.78. The van der Waals surface area contributed by atoms with E-state index in [2.05, 4.69) is 11.4 Å². The minimum atomic E-state index is -0.564. The van der Waals surface area contributed by atoms with Crippen LogP contribution in [0.4, 0.5) is 5.69 Å². The van der Waals surface area contributed by atoms with Crippen LogP contribution in [-0.4, -0.2) is 52.7 Å². The molecule has 0 aliphatic carbocycles. The van der Waals surface area contributed by atoms with Crippen molar-refractivity contribution in [3.05, 3.63) is 63.1 Å². The summed E-state index contributed by atoms with van der Waals surface area (Å²) in [6.07, 6.45) is 1.36. The molecule has 2 atom stereocenters. The summed E-state index contributed by atoms with van der Waals surface area (Å²) in [6, 6.07) is 12.9. The first-order valence-corrected chi connectivity index (χ1v) is 14.0. The molecule has 2 fully saturated rings. The smallest absolute Gasteiger partial charge is 0.227 e. The first-order valence-electron chi connectivity index (χ1n) is 13.2. The van der Waals surface area contributed by atoms with Crippen molar-refractivity contribution in [1.29, 1.82) is 5.26 Å². The molecule has 4 rings (SSSR count). The van der Waals surface area contributed by atoms with Gasteiger partial charge >= 0.3 is 0 Å². The first-order chi connectivity index (χ1) is 18.4. The van der Waals surface area contributed by atoms with E-state index in [1.54, 1.807) is 40.1 Å². The number of anilines is 1. The third-order valence-corrected chi connectivity index (χ3v) is 8.29. The number of nitriles is 1. The van der Waals surface area contributed by atoms with Gasteiger partial charge in [0, 0.05) is 53.2 Å². The quantitative estimate of drug-likeness (QED) is 0.494. The van der Waals surface area contributed by atoms with Crippen LogP contribution in [0.15, 0.2) is 36.4 Å². The van der Waals surface area contributed by atoms with E-state index in [9.17, 15) is 19.6 Å². The summed E-state index contributed by atoms with van der Waals surface area (Å²) in [5, 5.41) is 13.8. The molecular weight excluding hydrogens is 535 g/mol. The lowest BCUT2D eigenvalue weighted by Crippen LogP contribution is -2.46. The van der Waals surface area contributed by atoms with Crippen LogP contribution in [0.25, 0.3) is 0 Å². The number of hydrogen-bond donors (Lipinski definition) is 1. The Morgan fingerprint density at radius 3 is 2.28 bits per heavy atom. The van der Waals surface area contributed by atoms with Crippen LogP contribution in [0.3, 0.4) is 0 Å². The minimum Gasteiger partial charge on any atom is -0.342 e. The average molecular weight is 570 g/mol. The van der Waals surface area contributed by atoms with E-state index < -0.39 is 5.92 Å². The Balaban J connectivity index is 1.37. The Hall–Kier alpha value is -3.08. The fraction of sp³-hybridized carbons (Fsp3) is 0.467. The van der Waals surface area contributed by atoms with Gasteiger partial charge in [-0.25, -0.2) is 0 Å². The van der Waals surface area contributed by atoms with Gasteiger partial charge in [0.15, 0.2) is 0 Å². The van der Waals surface area contributed by atoms with Crippen molar-refractivity contribution in [3.8, 4) is 6.07 Å². The Labute approximate surface area is 240 Å². The largest absolute Gasteiger partial charge is 0.342 e. The molecule has 2 aromatic rings. The Morgan fingerprint density at radius 2 is 1.72 bits per heavy atom. The van der Waals surface area contributed by atoms with Gasteiger partial charge in [0.1, 0.15) is 0 Å². The van der Waals surface area contributed by atoms with Crippen molar-refractivity contribution in [2.45, 2.75) is 58.4 Å². The van der Waals surface area contributed by atoms with E-state index >= 15 is 0 Å². The fourth-order valence-electron chi connectivity index (χ4n) is 5.41. The summed E-state index contributed by atoms with van der Waals surface area (Å²) in [4.78, 5) is 42.2. The number of piperidine rings is 1. The van der Waals surface area contributed by atoms with E-state index in [1.807, 2.05) is 33.8 Å². The lowest BCUT2D eigenvalue weighted by molar-refractivity contribution is -0.138. The SMILES string of the molecule is Cc1cc(C(C#N)c2ccc(Cl)cc2)c(Cl)cc1NC(=O)C1CCN(C(=O)C2CC(=O)N(C(C)(C)C)C2)CC1. The van der Waals surface area contributed by atoms with Crippen molar-refractivity contribution in [2.24, 2.45) is 11.8 Å². The average Bonchev–Trinajstić information content (AvgIpc) is 3.30. The Bertz CT molecular complexity index is 1310. The molecule has 2 aliphatic heterocycles. The van der Waals surface area contributed by atoms with Crippen LogP contribution < -0.4 is 5.32 Å². The van der Waals surface area contributed by atoms with Crippen LogP contribution in [0.2, 0.25) is 10.0 Å². The molecular formula is C30H34Cl2N4O3. The van der Waals surface area contributed by atoms with E-state index in [4.69, 9.17) is 23.2 Å². The third kappa shape index (κ3) is 6.40. The third-order valence-electron chi connectivity index (χ3n) is 7.71. The second kappa shape index (κ2) is 11.6. The molecule has 0 radical (unpaired) electrons. The van der Waals surface area contributed by atoms with Crippen molar-refractivity contribution < 1.29 is 14.4 Å². The number of amides is 3. The highest BCUT2D eigenvalue weighted by Gasteiger charge is 2.41. The number of carbonyl (C=O) groups excluding carboxylic acids is 3. The number of nitrogens with zero attached hydrogens (tertiary/aromatic N) is 3. The highest BCUT2D eigenvalue weighted by molar-refractivity contribution is 6.32. The van der Waals surface area contributed by atoms with Gasteiger partial charge < -0.3 is 15.1 Å². The molecule has 2 unspecified atom stereocenters. The molecule has 2 aromatic carbocycles. The van der Waals surface area contributed by atoms with E-state index in [1.165, 1.54) is 0 Å². The number of benzene rings is 2. The molecule has 0 saturated carbocycles. The van der Waals surface area contributed by atoms with E-state index in [0.29, 0.717) is 53.8 Å². The van der Waals surface area contributed by atoms with Crippen molar-refractivity contribution in [1.82, 2.24) is 9.80 Å². The molecule has 2 aliphatic rings. The van der Waals surface area contributed by atoms with Crippen LogP contribution in [0.1, 0.15) is 62.6 Å². The molecule has 2 saturated heterocycles. The number of halogens is 2. The van der Waals surface area contributed by atoms with Gasteiger partial charge in [0.05, 0.1) is 17.9 Å². The highest BCUT2D eigenvalue weighted by atomic mass is 35.5. The maximum atomic E-state index is 13.1. The van der Waals surface area contributed by atoms with E-state index in [0.717, 1.165) is 11.1 Å². The molecule has 9 heteroatoms. The fourth-order valence-corrected chi connectivity index (χ4v) is 5.81. The molecule has 1 N–H and O–H groups in total. The van der Waals surface area contributed by atoms with Crippen LogP contribution in [-0.2, 0) is 14.4 Å². The molecule has 206 valence electrons. The lowest BCUT2D eigenvalue weighted by atomic mass is 9.91. The summed E-state index contributed by atoms with van der Waals surface area (Å²) in [7, 11) is 0. The summed E-state index contributed by atoms with van der Waals surface area (Å²) < 4.78 is 0. The maximum Gasteiger partial charge on any atom is 0.227 e. The molecule has 0 aromatic heterocycles. The van der Waals surface area contributed by atoms with Crippen LogP contribution in [0, 0.1) is 30.1 Å². The summed E-state index contributed by atoms with van der Waals surface area (Å²) in [5.74, 6) is -1.21. The minimum absolute atomic E-state index is 0.0000856. The summed E-state index contributed by atoms with van der Waals surface area (Å²) in [6.45, 7) is 9.23. The second-order valence-corrected chi connectivity index (χ2v) is 12.3. The zero-order valence-corrected chi connectivity index (χ0v) is 24.3. The van der Waals surface area contributed by atoms with E-state index in [-0.39, 0.29) is 41.5 Å². The van der Waals surface area contributed by atoms with Gasteiger partial charge in [-0.1, -0.05) is 41.4 Å². The van der Waals surface area contributed by atoms with Gasteiger partial charge in [-0.2, -0.15) is 5.26 Å². The Kier molecular flexibility index (Phi) is 8.58. The molecule has 0 bridgehead atoms. The monoisotopic (exact) mass is 568 g/mol. The van der Waals surface area contributed by atoms with Crippen molar-refractivity contribution >= 4 is 46.6 Å². The zero-order chi connectivity index (χ0) is 28.5. The van der Waals surface area contributed by atoms with Crippen LogP contribution in [0.5, 0.6) is 0 Å². The van der Waals surface area contributed by atoms with Gasteiger partial charge in [-0.05, 0) is 75.4 Å². The first kappa shape index (κ1) is 28.9. The second-order valence-electron chi connectivity index (χ2n) is 11.5. The molecule has 7 nitrogen and oxygen atoms in total. The maximum absolute atomic E-state index is 13.1. The topological polar surface area (TPSA) is 93.5 Å². The normalized spacial score (nSPS) is 19.1. The van der Waals surface area contributed by atoms with Gasteiger partial charge in [0.2, 0.25) is 17.7 Å². The predicted molar refractivity (Wildman–Crippen MR) is 153 cm³/mol. The summed E-state index contributed by atoms with van der Waals surface area (Å²) >= 11 is 12.6. The highest BCUT2D eigenvalue weighted by Crippen LogP contribution is 2.35. The standard InChI is InChI=1S/C30H34Cl2N4O3/c1-18-13-23(24(16-33)19-5-7-22(31)8-6-19)25(32)15-26(18)34-28(38)20-9-11-35(12-10-20)29(39)21-14-27(37)36(17-21)30(2,3)4/h5-8,13,15,20-21,24H,9-12,14,17H2,1-4H3,(H,34,38). The molecule has 2 heterocycles. The molecule has 3 amide bonds. The number of aryl methyl sites for hydroxylation is 1. The summed E-state index contributed by atoms with van der Waals surface area (Å²) in [5.41, 5.74) is 2.56. The van der Waals surface area contributed by atoms with Crippen molar-refractivity contribution in [3.63, 3.8) is 0 Å². The number of hydrogen-bond acceptors (Lipinski definition) is 4. The van der Waals surface area contributed by atoms with Gasteiger partial charge in [-0.3, -0.25) is 14.4 Å². The number of nitrogens with one attached hydrogen (secondary N) is 1. The number of carbonyl (C=O) groups is 3. The van der Waals surface area contributed by atoms with Gasteiger partial charge in [-0.15, -0.1) is 0 Å². The molecule has 0 spiro atoms. The van der Waals surface area contributed by atoms with Gasteiger partial charge in [0.25, 0.3) is 0 Å². The number of likely N-dealkylation sites (tertiary alicyclic amines) is 2.